The first kappa shape index (κ1) is 15.4. The Morgan fingerprint density at radius 3 is 3.05 bits per heavy atom. The number of benzene rings is 1. The molecule has 120 valence electrons. The normalized spacial score (nSPS) is 35.3. The molecule has 0 bridgehead atoms. The number of rotatable bonds is 2. The molecule has 3 atom stereocenters. The fourth-order valence-corrected chi connectivity index (χ4v) is 6.45. The molecule has 3 aliphatic rings. The maximum atomic E-state index is 6.17. The molecule has 0 saturated carbocycles. The van der Waals surface area contributed by atoms with Gasteiger partial charge >= 0.3 is 0 Å². The lowest BCUT2D eigenvalue weighted by Gasteiger charge is -2.39. The summed E-state index contributed by atoms with van der Waals surface area (Å²) in [6.07, 6.45) is 4.82. The molecule has 1 aromatic rings. The third-order valence-electron chi connectivity index (χ3n) is 5.23. The topological polar surface area (TPSA) is 21.3 Å². The van der Waals surface area contributed by atoms with Crippen molar-refractivity contribution >= 4 is 23.5 Å². The van der Waals surface area contributed by atoms with E-state index in [4.69, 9.17) is 4.74 Å². The van der Waals surface area contributed by atoms with Crippen LogP contribution in [0.1, 0.15) is 36.4 Å². The molecule has 3 aliphatic heterocycles. The molecule has 0 aliphatic carbocycles. The van der Waals surface area contributed by atoms with E-state index in [0.29, 0.717) is 12.1 Å². The summed E-state index contributed by atoms with van der Waals surface area (Å²) in [6, 6.07) is 10.2. The van der Waals surface area contributed by atoms with Crippen LogP contribution >= 0.6 is 23.5 Å². The number of aryl methyl sites for hydroxylation is 1. The SMILES string of the molecule is c1ccc2c(c1)CCSC[C@@H]2N[C@@H]1CCO[C@]2(CCSC2)C1. The first-order valence-corrected chi connectivity index (χ1v) is 10.8. The lowest BCUT2D eigenvalue weighted by atomic mass is 9.89. The molecule has 4 heteroatoms. The lowest BCUT2D eigenvalue weighted by molar-refractivity contribution is -0.0711. The monoisotopic (exact) mass is 335 g/mol. The van der Waals surface area contributed by atoms with E-state index in [0.717, 1.165) is 13.0 Å². The zero-order chi connectivity index (χ0) is 14.8. The minimum Gasteiger partial charge on any atom is -0.374 e. The number of hydrogen-bond acceptors (Lipinski definition) is 4. The average Bonchev–Trinajstić information content (AvgIpc) is 2.88. The Bertz CT molecular complexity index is 516. The van der Waals surface area contributed by atoms with E-state index in [1.165, 1.54) is 47.8 Å². The molecule has 2 saturated heterocycles. The van der Waals surface area contributed by atoms with Crippen LogP contribution in [0.15, 0.2) is 24.3 Å². The van der Waals surface area contributed by atoms with Gasteiger partial charge in [-0.05, 0) is 48.3 Å². The third kappa shape index (κ3) is 3.21. The second-order valence-electron chi connectivity index (χ2n) is 6.77. The molecule has 3 heterocycles. The summed E-state index contributed by atoms with van der Waals surface area (Å²) in [5, 5.41) is 4.00. The Morgan fingerprint density at radius 2 is 2.14 bits per heavy atom. The zero-order valence-corrected chi connectivity index (χ0v) is 14.7. The van der Waals surface area contributed by atoms with Crippen molar-refractivity contribution in [3.05, 3.63) is 35.4 Å². The van der Waals surface area contributed by atoms with Gasteiger partial charge < -0.3 is 10.1 Å². The fourth-order valence-electron chi connectivity index (χ4n) is 4.03. The molecular formula is C18H25NOS2. The van der Waals surface area contributed by atoms with Gasteiger partial charge in [0.2, 0.25) is 0 Å². The largest absolute Gasteiger partial charge is 0.374 e. The van der Waals surface area contributed by atoms with Crippen molar-refractivity contribution in [1.29, 1.82) is 0 Å². The van der Waals surface area contributed by atoms with E-state index in [-0.39, 0.29) is 5.60 Å². The minimum absolute atomic E-state index is 0.179. The van der Waals surface area contributed by atoms with E-state index in [9.17, 15) is 0 Å². The van der Waals surface area contributed by atoms with E-state index in [2.05, 4.69) is 53.1 Å². The van der Waals surface area contributed by atoms with Crippen LogP contribution < -0.4 is 5.32 Å². The van der Waals surface area contributed by atoms with Gasteiger partial charge in [-0.2, -0.15) is 23.5 Å². The quantitative estimate of drug-likeness (QED) is 0.890. The predicted molar refractivity (Wildman–Crippen MR) is 97.0 cm³/mol. The van der Waals surface area contributed by atoms with Crippen LogP contribution in [0, 0.1) is 0 Å². The summed E-state index contributed by atoms with van der Waals surface area (Å²) >= 11 is 4.16. The van der Waals surface area contributed by atoms with Gasteiger partial charge in [0.25, 0.3) is 0 Å². The first-order valence-electron chi connectivity index (χ1n) is 8.48. The van der Waals surface area contributed by atoms with Crippen molar-refractivity contribution in [2.45, 2.75) is 43.4 Å². The van der Waals surface area contributed by atoms with Crippen LogP contribution in [-0.4, -0.2) is 41.3 Å². The standard InChI is InChI=1S/C18H25NOS2/c1-2-4-16-14(3-1)6-9-21-12-17(16)19-15-5-8-20-18(11-15)7-10-22-13-18/h1-4,15,17,19H,5-13H2/t15-,17+,18-/m1/s1. The van der Waals surface area contributed by atoms with Crippen LogP contribution in [0.3, 0.4) is 0 Å². The van der Waals surface area contributed by atoms with Crippen LogP contribution in [0.25, 0.3) is 0 Å². The highest BCUT2D eigenvalue weighted by atomic mass is 32.2. The Kier molecular flexibility index (Phi) is 4.72. The maximum Gasteiger partial charge on any atom is 0.0795 e. The molecule has 22 heavy (non-hydrogen) atoms. The molecule has 2 fully saturated rings. The van der Waals surface area contributed by atoms with E-state index in [1.807, 2.05) is 0 Å². The van der Waals surface area contributed by atoms with Gasteiger partial charge in [-0.1, -0.05) is 24.3 Å². The maximum absolute atomic E-state index is 6.17. The molecular weight excluding hydrogens is 310 g/mol. The Labute approximate surface area is 142 Å². The van der Waals surface area contributed by atoms with Crippen molar-refractivity contribution in [2.24, 2.45) is 0 Å². The van der Waals surface area contributed by atoms with Gasteiger partial charge in [0, 0.05) is 30.2 Å². The molecule has 1 aromatic carbocycles. The highest BCUT2D eigenvalue weighted by molar-refractivity contribution is 7.99. The highest BCUT2D eigenvalue weighted by Gasteiger charge is 2.41. The second kappa shape index (κ2) is 6.76. The summed E-state index contributed by atoms with van der Waals surface area (Å²) in [4.78, 5) is 0. The van der Waals surface area contributed by atoms with Crippen molar-refractivity contribution in [2.75, 3.05) is 29.6 Å². The number of fused-ring (bicyclic) bond motifs is 1. The van der Waals surface area contributed by atoms with Crippen molar-refractivity contribution in [1.82, 2.24) is 5.32 Å². The van der Waals surface area contributed by atoms with Crippen molar-refractivity contribution in [3.63, 3.8) is 0 Å². The molecule has 0 aromatic heterocycles. The fraction of sp³-hybridized carbons (Fsp3) is 0.667. The number of nitrogens with one attached hydrogen (secondary N) is 1. The van der Waals surface area contributed by atoms with Gasteiger partial charge in [0.1, 0.15) is 0 Å². The molecule has 1 spiro atoms. The van der Waals surface area contributed by atoms with Crippen LogP contribution in [0.2, 0.25) is 0 Å². The van der Waals surface area contributed by atoms with Crippen molar-refractivity contribution < 1.29 is 4.74 Å². The molecule has 4 rings (SSSR count). The first-order chi connectivity index (χ1) is 10.8. The molecule has 1 N–H and O–H groups in total. The minimum atomic E-state index is 0.179. The van der Waals surface area contributed by atoms with E-state index in [1.54, 1.807) is 5.56 Å². The molecule has 0 radical (unpaired) electrons. The predicted octanol–water partition coefficient (Wildman–Crippen LogP) is 3.66. The number of ether oxygens (including phenoxy) is 1. The van der Waals surface area contributed by atoms with Crippen LogP contribution in [0.5, 0.6) is 0 Å². The number of thioether (sulfide) groups is 2. The molecule has 0 amide bonds. The smallest absolute Gasteiger partial charge is 0.0795 e. The summed E-state index contributed by atoms with van der Waals surface area (Å²) in [6.45, 7) is 0.930. The highest BCUT2D eigenvalue weighted by Crippen LogP contribution is 2.39. The molecule has 0 unspecified atom stereocenters. The lowest BCUT2D eigenvalue weighted by Crippen LogP contribution is -2.48. The van der Waals surface area contributed by atoms with Gasteiger partial charge in [-0.15, -0.1) is 0 Å². The van der Waals surface area contributed by atoms with Gasteiger partial charge in [0.15, 0.2) is 0 Å². The number of hydrogen-bond donors (Lipinski definition) is 1. The van der Waals surface area contributed by atoms with E-state index >= 15 is 0 Å². The van der Waals surface area contributed by atoms with Crippen LogP contribution in [0.4, 0.5) is 0 Å². The third-order valence-corrected chi connectivity index (χ3v) is 7.51. The van der Waals surface area contributed by atoms with Gasteiger partial charge in [-0.25, -0.2) is 0 Å². The zero-order valence-electron chi connectivity index (χ0n) is 13.1. The summed E-state index contributed by atoms with van der Waals surface area (Å²) in [5.41, 5.74) is 3.26. The second-order valence-corrected chi connectivity index (χ2v) is 9.02. The Balaban J connectivity index is 1.48. The van der Waals surface area contributed by atoms with Crippen LogP contribution in [-0.2, 0) is 11.2 Å². The summed E-state index contributed by atoms with van der Waals surface area (Å²) in [5.74, 6) is 4.93. The Morgan fingerprint density at radius 1 is 1.18 bits per heavy atom. The molecule has 2 nitrogen and oxygen atoms in total. The van der Waals surface area contributed by atoms with E-state index < -0.39 is 0 Å². The van der Waals surface area contributed by atoms with Gasteiger partial charge in [0.05, 0.1) is 5.60 Å². The average molecular weight is 336 g/mol. The summed E-state index contributed by atoms with van der Waals surface area (Å²) < 4.78 is 6.17. The van der Waals surface area contributed by atoms with Crippen molar-refractivity contribution in [3.8, 4) is 0 Å². The Hall–Kier alpha value is -0.160. The van der Waals surface area contributed by atoms with Gasteiger partial charge in [-0.3, -0.25) is 0 Å². The summed E-state index contributed by atoms with van der Waals surface area (Å²) in [7, 11) is 0.